The highest BCUT2D eigenvalue weighted by Crippen LogP contribution is 2.23. The molecule has 0 aliphatic carbocycles. The monoisotopic (exact) mass is 290 g/mol. The predicted octanol–water partition coefficient (Wildman–Crippen LogP) is 3.33. The quantitative estimate of drug-likeness (QED) is 0.811. The number of aromatic nitrogens is 1. The average Bonchev–Trinajstić information content (AvgIpc) is 2.68. The minimum Gasteiger partial charge on any atom is -0.508 e. The van der Waals surface area contributed by atoms with Crippen LogP contribution in [0.4, 0.5) is 4.79 Å². The third-order valence-corrected chi connectivity index (χ3v) is 3.04. The summed E-state index contributed by atoms with van der Waals surface area (Å²) >= 11 is 0. The number of phenolic OH excluding ortho intramolecular Hbond substituents is 1. The lowest BCUT2D eigenvalue weighted by Crippen LogP contribution is -2.38. The van der Waals surface area contributed by atoms with Crippen LogP contribution in [0.15, 0.2) is 24.4 Å². The molecule has 1 aromatic carbocycles. The zero-order valence-electron chi connectivity index (χ0n) is 12.9. The van der Waals surface area contributed by atoms with Crippen LogP contribution >= 0.6 is 0 Å². The smallest absolute Gasteiger partial charge is 0.407 e. The van der Waals surface area contributed by atoms with E-state index in [1.165, 1.54) is 0 Å². The van der Waals surface area contributed by atoms with Gasteiger partial charge in [-0.25, -0.2) is 4.79 Å². The van der Waals surface area contributed by atoms with Gasteiger partial charge in [-0.05, 0) is 51.8 Å². The number of fused-ring (bicyclic) bond motifs is 1. The molecule has 1 atom stereocenters. The van der Waals surface area contributed by atoms with E-state index in [1.54, 1.807) is 12.1 Å². The van der Waals surface area contributed by atoms with Crippen LogP contribution in [-0.4, -0.2) is 27.8 Å². The van der Waals surface area contributed by atoms with Gasteiger partial charge in [0.2, 0.25) is 0 Å². The van der Waals surface area contributed by atoms with Gasteiger partial charge in [-0.15, -0.1) is 0 Å². The Morgan fingerprint density at radius 2 is 2.14 bits per heavy atom. The van der Waals surface area contributed by atoms with Gasteiger partial charge in [0.25, 0.3) is 0 Å². The van der Waals surface area contributed by atoms with Crippen LogP contribution in [0.25, 0.3) is 10.9 Å². The number of hydrogen-bond acceptors (Lipinski definition) is 3. The Bertz CT molecular complexity index is 640. The second-order valence-electron chi connectivity index (χ2n) is 6.30. The van der Waals surface area contributed by atoms with E-state index in [-0.39, 0.29) is 11.8 Å². The fraction of sp³-hybridized carbons (Fsp3) is 0.438. The largest absolute Gasteiger partial charge is 0.508 e. The molecule has 5 heteroatoms. The highest BCUT2D eigenvalue weighted by molar-refractivity contribution is 5.84. The minimum atomic E-state index is -0.498. The number of hydrogen-bond donors (Lipinski definition) is 3. The Morgan fingerprint density at radius 3 is 2.81 bits per heavy atom. The third kappa shape index (κ3) is 4.15. The van der Waals surface area contributed by atoms with Crippen LogP contribution in [0, 0.1) is 0 Å². The van der Waals surface area contributed by atoms with E-state index in [2.05, 4.69) is 10.3 Å². The van der Waals surface area contributed by atoms with Gasteiger partial charge >= 0.3 is 6.09 Å². The van der Waals surface area contributed by atoms with Crippen LogP contribution in [0.5, 0.6) is 5.75 Å². The zero-order chi connectivity index (χ0) is 15.6. The van der Waals surface area contributed by atoms with Crippen molar-refractivity contribution in [2.24, 2.45) is 0 Å². The summed E-state index contributed by atoms with van der Waals surface area (Å²) in [5.74, 6) is 0.232. The molecule has 0 unspecified atom stereocenters. The summed E-state index contributed by atoms with van der Waals surface area (Å²) in [5.41, 5.74) is 1.48. The highest BCUT2D eigenvalue weighted by atomic mass is 16.6. The van der Waals surface area contributed by atoms with Crippen molar-refractivity contribution in [3.8, 4) is 5.75 Å². The molecule has 3 N–H and O–H groups in total. The molecular formula is C16H22N2O3. The molecule has 0 bridgehead atoms. The molecule has 1 aromatic heterocycles. The molecule has 0 radical (unpaired) electrons. The number of aromatic amines is 1. The van der Waals surface area contributed by atoms with Crippen LogP contribution in [0.3, 0.4) is 0 Å². The van der Waals surface area contributed by atoms with Gasteiger partial charge in [-0.2, -0.15) is 0 Å². The number of carbonyl (C=O) groups excluding carboxylic acids is 1. The maximum absolute atomic E-state index is 11.7. The summed E-state index contributed by atoms with van der Waals surface area (Å²) in [4.78, 5) is 14.9. The molecule has 2 aromatic rings. The number of nitrogens with one attached hydrogen (secondary N) is 2. The van der Waals surface area contributed by atoms with E-state index in [0.717, 1.165) is 16.5 Å². The molecule has 0 aliphatic rings. The number of carbonyl (C=O) groups is 1. The second kappa shape index (κ2) is 5.68. The fourth-order valence-electron chi connectivity index (χ4n) is 2.23. The Morgan fingerprint density at radius 1 is 1.43 bits per heavy atom. The van der Waals surface area contributed by atoms with E-state index in [1.807, 2.05) is 40.0 Å². The number of benzene rings is 1. The first kappa shape index (κ1) is 15.2. The standard InChI is InChI=1S/C16H22N2O3/c1-10(18-15(20)21-16(2,3)4)7-11-9-17-14-8-12(19)5-6-13(11)14/h5-6,8-10,17,19H,7H2,1-4H3,(H,18,20)/t10-/m1/s1. The number of amides is 1. The Hall–Kier alpha value is -2.17. The van der Waals surface area contributed by atoms with Gasteiger partial charge in [0.1, 0.15) is 11.4 Å². The summed E-state index contributed by atoms with van der Waals surface area (Å²) < 4.78 is 5.24. The van der Waals surface area contributed by atoms with Crippen molar-refractivity contribution in [3.63, 3.8) is 0 Å². The normalized spacial score (nSPS) is 13.1. The zero-order valence-corrected chi connectivity index (χ0v) is 12.9. The van der Waals surface area contributed by atoms with Crippen molar-refractivity contribution in [2.45, 2.75) is 45.8 Å². The van der Waals surface area contributed by atoms with Crippen molar-refractivity contribution in [1.82, 2.24) is 10.3 Å². The van der Waals surface area contributed by atoms with Gasteiger partial charge in [0.15, 0.2) is 0 Å². The van der Waals surface area contributed by atoms with Gasteiger partial charge < -0.3 is 20.1 Å². The molecule has 1 amide bonds. The van der Waals surface area contributed by atoms with E-state index in [0.29, 0.717) is 6.42 Å². The third-order valence-electron chi connectivity index (χ3n) is 3.04. The first-order valence-corrected chi connectivity index (χ1v) is 7.03. The molecule has 21 heavy (non-hydrogen) atoms. The molecule has 0 saturated carbocycles. The van der Waals surface area contributed by atoms with Crippen LogP contribution < -0.4 is 5.32 Å². The molecule has 0 saturated heterocycles. The van der Waals surface area contributed by atoms with Crippen LogP contribution in [0.1, 0.15) is 33.3 Å². The molecule has 0 aliphatic heterocycles. The van der Waals surface area contributed by atoms with Gasteiger partial charge in [0, 0.05) is 29.2 Å². The Balaban J connectivity index is 2.01. The van der Waals surface area contributed by atoms with Gasteiger partial charge in [-0.1, -0.05) is 0 Å². The summed E-state index contributed by atoms with van der Waals surface area (Å²) in [6.45, 7) is 7.44. The lowest BCUT2D eigenvalue weighted by atomic mass is 10.1. The van der Waals surface area contributed by atoms with Crippen molar-refractivity contribution in [2.75, 3.05) is 0 Å². The summed E-state index contributed by atoms with van der Waals surface area (Å²) in [6, 6.07) is 5.17. The number of phenols is 1. The van der Waals surface area contributed by atoms with Crippen LogP contribution in [0.2, 0.25) is 0 Å². The molecule has 2 rings (SSSR count). The van der Waals surface area contributed by atoms with Crippen molar-refractivity contribution < 1.29 is 14.6 Å². The molecular weight excluding hydrogens is 268 g/mol. The van der Waals surface area contributed by atoms with E-state index >= 15 is 0 Å². The van der Waals surface area contributed by atoms with Gasteiger partial charge in [-0.3, -0.25) is 0 Å². The number of H-pyrrole nitrogens is 1. The maximum Gasteiger partial charge on any atom is 0.407 e. The number of ether oxygens (including phenoxy) is 1. The molecule has 5 nitrogen and oxygen atoms in total. The number of alkyl carbamates (subject to hydrolysis) is 1. The fourth-order valence-corrected chi connectivity index (χ4v) is 2.23. The van der Waals surface area contributed by atoms with Crippen LogP contribution in [-0.2, 0) is 11.2 Å². The summed E-state index contributed by atoms with van der Waals surface area (Å²) in [7, 11) is 0. The maximum atomic E-state index is 11.7. The number of aromatic hydroxyl groups is 1. The van der Waals surface area contributed by atoms with E-state index in [9.17, 15) is 9.90 Å². The molecule has 114 valence electrons. The molecule has 0 spiro atoms. The van der Waals surface area contributed by atoms with Crippen molar-refractivity contribution >= 4 is 17.0 Å². The lowest BCUT2D eigenvalue weighted by Gasteiger charge is -2.21. The second-order valence-corrected chi connectivity index (χ2v) is 6.30. The van der Waals surface area contributed by atoms with Gasteiger partial charge in [0.05, 0.1) is 0 Å². The first-order valence-electron chi connectivity index (χ1n) is 7.03. The summed E-state index contributed by atoms with van der Waals surface area (Å²) in [5, 5.41) is 13.3. The lowest BCUT2D eigenvalue weighted by molar-refractivity contribution is 0.0508. The van der Waals surface area contributed by atoms with Crippen molar-refractivity contribution in [1.29, 1.82) is 0 Å². The van der Waals surface area contributed by atoms with Crippen molar-refractivity contribution in [3.05, 3.63) is 30.0 Å². The van der Waals surface area contributed by atoms with E-state index < -0.39 is 11.7 Å². The molecule has 0 fully saturated rings. The Labute approximate surface area is 124 Å². The summed E-state index contributed by atoms with van der Waals surface area (Å²) in [6.07, 6.45) is 2.17. The first-order chi connectivity index (χ1) is 9.74. The minimum absolute atomic E-state index is 0.0485. The predicted molar refractivity (Wildman–Crippen MR) is 82.5 cm³/mol. The number of rotatable bonds is 3. The van der Waals surface area contributed by atoms with E-state index in [4.69, 9.17) is 4.74 Å². The SMILES string of the molecule is C[C@H](Cc1c[nH]c2cc(O)ccc12)NC(=O)OC(C)(C)C. The highest BCUT2D eigenvalue weighted by Gasteiger charge is 2.18. The molecule has 1 heterocycles. The topological polar surface area (TPSA) is 74.4 Å². The Kier molecular flexibility index (Phi) is 4.11. The average molecular weight is 290 g/mol.